The molecule has 4 nitrogen and oxygen atoms in total. The minimum atomic E-state index is -0.792. The zero-order valence-electron chi connectivity index (χ0n) is 11.2. The molecule has 0 spiro atoms. The fourth-order valence-corrected chi connectivity index (χ4v) is 1.85. The van der Waals surface area contributed by atoms with Gasteiger partial charge in [-0.2, -0.15) is 0 Å². The van der Waals surface area contributed by atoms with Crippen LogP contribution < -0.4 is 10.5 Å². The lowest BCUT2D eigenvalue weighted by atomic mass is 10.1. The molecule has 98 valence electrons. The first-order valence-corrected chi connectivity index (χ1v) is 5.87. The summed E-state index contributed by atoms with van der Waals surface area (Å²) in [6.45, 7) is 6.77. The van der Waals surface area contributed by atoms with Crippen LogP contribution in [0.5, 0.6) is 5.75 Å². The van der Waals surface area contributed by atoms with E-state index in [1.165, 1.54) is 0 Å². The number of hydrogen-bond donors (Lipinski definition) is 1. The molecular weight excluding hydrogens is 228 g/mol. The number of rotatable bonds is 5. The van der Waals surface area contributed by atoms with Gasteiger partial charge in [0.05, 0.1) is 20.6 Å². The molecular formula is C14H21N2O2+. The molecule has 1 aromatic carbocycles. The maximum Gasteiger partial charge on any atom is 0.409 e. The van der Waals surface area contributed by atoms with Gasteiger partial charge in [0.2, 0.25) is 0 Å². The van der Waals surface area contributed by atoms with Gasteiger partial charge in [-0.3, -0.25) is 0 Å². The first kappa shape index (κ1) is 14.3. The van der Waals surface area contributed by atoms with Gasteiger partial charge >= 0.3 is 6.09 Å². The molecule has 1 aromatic rings. The molecule has 1 atom stereocenters. The van der Waals surface area contributed by atoms with E-state index in [1.54, 1.807) is 6.07 Å². The zero-order chi connectivity index (χ0) is 13.8. The van der Waals surface area contributed by atoms with Crippen LogP contribution in [0, 0.1) is 0 Å². The smallest absolute Gasteiger partial charge is 0.409 e. The van der Waals surface area contributed by atoms with Crippen molar-refractivity contribution in [3.63, 3.8) is 0 Å². The van der Waals surface area contributed by atoms with Crippen molar-refractivity contribution in [2.24, 2.45) is 5.73 Å². The van der Waals surface area contributed by atoms with Gasteiger partial charge in [0.25, 0.3) is 0 Å². The Bertz CT molecular complexity index is 441. The minimum absolute atomic E-state index is 0.263. The quantitative estimate of drug-likeness (QED) is 0.643. The number of benzene rings is 1. The summed E-state index contributed by atoms with van der Waals surface area (Å²) in [6.07, 6.45) is 1.11. The second-order valence-electron chi connectivity index (χ2n) is 4.92. The number of quaternary nitrogens is 1. The molecule has 18 heavy (non-hydrogen) atoms. The van der Waals surface area contributed by atoms with Gasteiger partial charge in [0.15, 0.2) is 0 Å². The lowest BCUT2D eigenvalue weighted by Gasteiger charge is -2.35. The highest BCUT2D eigenvalue weighted by atomic mass is 16.5. The molecule has 1 amide bonds. The van der Waals surface area contributed by atoms with Gasteiger partial charge in [-0.05, 0) is 25.1 Å². The van der Waals surface area contributed by atoms with Gasteiger partial charge in [-0.15, -0.1) is 0 Å². The lowest BCUT2D eigenvalue weighted by molar-refractivity contribution is -0.913. The second-order valence-corrected chi connectivity index (χ2v) is 4.92. The van der Waals surface area contributed by atoms with Crippen molar-refractivity contribution in [2.75, 3.05) is 20.6 Å². The molecule has 0 saturated carbocycles. The molecule has 0 fully saturated rings. The number of carbonyl (C=O) groups is 1. The Balaban J connectivity index is 2.95. The molecule has 2 N–H and O–H groups in total. The van der Waals surface area contributed by atoms with Gasteiger partial charge in [-0.1, -0.05) is 18.7 Å². The predicted octanol–water partition coefficient (Wildman–Crippen LogP) is 2.47. The Morgan fingerprint density at radius 1 is 1.56 bits per heavy atom. The zero-order valence-corrected chi connectivity index (χ0v) is 11.2. The molecule has 0 saturated heterocycles. The van der Waals surface area contributed by atoms with Gasteiger partial charge in [0.1, 0.15) is 11.8 Å². The first-order valence-electron chi connectivity index (χ1n) is 5.87. The van der Waals surface area contributed by atoms with Crippen LogP contribution >= 0.6 is 0 Å². The molecule has 0 heterocycles. The minimum Gasteiger partial charge on any atom is -0.410 e. The fourth-order valence-electron chi connectivity index (χ4n) is 1.85. The van der Waals surface area contributed by atoms with E-state index in [4.69, 9.17) is 10.5 Å². The lowest BCUT2D eigenvalue weighted by Crippen LogP contribution is -2.41. The van der Waals surface area contributed by atoms with Gasteiger partial charge in [-0.25, -0.2) is 4.79 Å². The fraction of sp³-hybridized carbons (Fsp3) is 0.357. The Hall–Kier alpha value is -1.81. The molecule has 0 bridgehead atoms. The summed E-state index contributed by atoms with van der Waals surface area (Å²) in [5.74, 6) is 0.477. The monoisotopic (exact) mass is 249 g/mol. The van der Waals surface area contributed by atoms with E-state index in [0.717, 1.165) is 16.6 Å². The van der Waals surface area contributed by atoms with Crippen LogP contribution in [0.4, 0.5) is 4.79 Å². The third kappa shape index (κ3) is 3.60. The van der Waals surface area contributed by atoms with Gasteiger partial charge < -0.3 is 15.0 Å². The highest BCUT2D eigenvalue weighted by Crippen LogP contribution is 2.27. The number of amides is 1. The Morgan fingerprint density at radius 2 is 2.22 bits per heavy atom. The van der Waals surface area contributed by atoms with E-state index in [9.17, 15) is 4.79 Å². The number of nitrogens with zero attached hydrogens (tertiary/aromatic N) is 1. The van der Waals surface area contributed by atoms with E-state index in [1.807, 2.05) is 24.3 Å². The highest BCUT2D eigenvalue weighted by Gasteiger charge is 2.24. The van der Waals surface area contributed by atoms with Crippen LogP contribution in [0.3, 0.4) is 0 Å². The molecule has 1 unspecified atom stereocenters. The van der Waals surface area contributed by atoms with Crippen molar-refractivity contribution in [1.82, 2.24) is 0 Å². The third-order valence-corrected chi connectivity index (χ3v) is 3.21. The second kappa shape index (κ2) is 5.69. The van der Waals surface area contributed by atoms with Crippen molar-refractivity contribution in [1.29, 1.82) is 0 Å². The average molecular weight is 249 g/mol. The molecule has 0 aliphatic carbocycles. The van der Waals surface area contributed by atoms with Crippen molar-refractivity contribution < 1.29 is 14.0 Å². The van der Waals surface area contributed by atoms with Gasteiger partial charge in [0, 0.05) is 5.56 Å². The molecule has 0 aliphatic heterocycles. The molecule has 0 aliphatic rings. The van der Waals surface area contributed by atoms with Crippen LogP contribution in [0.1, 0.15) is 18.5 Å². The van der Waals surface area contributed by atoms with E-state index >= 15 is 0 Å². The Kier molecular flexibility index (Phi) is 4.50. The standard InChI is InChI=1S/C14H20N2O2/c1-5-9-16(3,4)11(2)12-7-6-8-13(10-12)18-14(15)17/h5-8,10-11H,1,9H2,2-4H3,(H-,15,17)/p+1. The SMILES string of the molecule is C=CC[N+](C)(C)C(C)c1cccc(OC(N)=O)c1. The summed E-state index contributed by atoms with van der Waals surface area (Å²) in [5, 5.41) is 0. The van der Waals surface area contributed by atoms with E-state index in [-0.39, 0.29) is 6.04 Å². The average Bonchev–Trinajstić information content (AvgIpc) is 2.27. The summed E-state index contributed by atoms with van der Waals surface area (Å²) in [5.41, 5.74) is 6.10. The van der Waals surface area contributed by atoms with Crippen molar-refractivity contribution in [3.8, 4) is 5.75 Å². The van der Waals surface area contributed by atoms with Crippen molar-refractivity contribution in [2.45, 2.75) is 13.0 Å². The van der Waals surface area contributed by atoms with Crippen LogP contribution in [-0.2, 0) is 0 Å². The topological polar surface area (TPSA) is 52.3 Å². The summed E-state index contributed by atoms with van der Waals surface area (Å²) in [7, 11) is 4.27. The molecule has 0 radical (unpaired) electrons. The maximum atomic E-state index is 10.7. The number of carbonyl (C=O) groups excluding carboxylic acids is 1. The summed E-state index contributed by atoms with van der Waals surface area (Å²) in [6, 6.07) is 7.70. The number of likely N-dealkylation sites (N-methyl/N-ethyl adjacent to an activating group) is 1. The van der Waals surface area contributed by atoms with Crippen molar-refractivity contribution in [3.05, 3.63) is 42.5 Å². The van der Waals surface area contributed by atoms with E-state index < -0.39 is 6.09 Å². The highest BCUT2D eigenvalue weighted by molar-refractivity contribution is 5.68. The predicted molar refractivity (Wildman–Crippen MR) is 72.2 cm³/mol. The number of nitrogens with two attached hydrogens (primary N) is 1. The number of hydrogen-bond acceptors (Lipinski definition) is 2. The van der Waals surface area contributed by atoms with Crippen LogP contribution in [0.25, 0.3) is 0 Å². The summed E-state index contributed by atoms with van der Waals surface area (Å²) >= 11 is 0. The number of primary amides is 1. The van der Waals surface area contributed by atoms with E-state index in [2.05, 4.69) is 27.6 Å². The van der Waals surface area contributed by atoms with Crippen LogP contribution in [0.2, 0.25) is 0 Å². The molecule has 0 aromatic heterocycles. The van der Waals surface area contributed by atoms with Crippen LogP contribution in [-0.4, -0.2) is 31.2 Å². The maximum absolute atomic E-state index is 10.7. The first-order chi connectivity index (χ1) is 8.36. The molecule has 4 heteroatoms. The van der Waals surface area contributed by atoms with Crippen LogP contribution in [0.15, 0.2) is 36.9 Å². The number of ether oxygens (including phenoxy) is 1. The summed E-state index contributed by atoms with van der Waals surface area (Å²) < 4.78 is 5.67. The normalized spacial score (nSPS) is 12.8. The summed E-state index contributed by atoms with van der Waals surface area (Å²) in [4.78, 5) is 10.7. The third-order valence-electron chi connectivity index (χ3n) is 3.21. The van der Waals surface area contributed by atoms with E-state index in [0.29, 0.717) is 5.75 Å². The Labute approximate surface area is 108 Å². The largest absolute Gasteiger partial charge is 0.410 e. The van der Waals surface area contributed by atoms with Crippen molar-refractivity contribution >= 4 is 6.09 Å². The Morgan fingerprint density at radius 3 is 2.78 bits per heavy atom. The molecule has 1 rings (SSSR count).